The highest BCUT2D eigenvalue weighted by Gasteiger charge is 2.30. The van der Waals surface area contributed by atoms with E-state index in [-0.39, 0.29) is 18.4 Å². The Hall–Kier alpha value is -2.87. The van der Waals surface area contributed by atoms with Crippen LogP contribution in [0, 0.1) is 19.8 Å². The molecule has 0 aliphatic rings. The van der Waals surface area contributed by atoms with E-state index in [4.69, 9.17) is 0 Å². The third-order valence-corrected chi connectivity index (χ3v) is 6.56. The van der Waals surface area contributed by atoms with E-state index in [1.807, 2.05) is 58.0 Å². The van der Waals surface area contributed by atoms with Gasteiger partial charge in [0, 0.05) is 13.1 Å². The minimum atomic E-state index is -3.73. The van der Waals surface area contributed by atoms with E-state index < -0.39 is 28.5 Å². The summed E-state index contributed by atoms with van der Waals surface area (Å²) < 4.78 is 26.2. The number of carbonyl (C=O) groups is 2. The number of aryl methyl sites for hydroxylation is 2. The number of hydrogen-bond donors (Lipinski definition) is 1. The Morgan fingerprint density at radius 3 is 2.24 bits per heavy atom. The van der Waals surface area contributed by atoms with Crippen LogP contribution >= 0.6 is 0 Å². The summed E-state index contributed by atoms with van der Waals surface area (Å²) in [7, 11) is -3.73. The lowest BCUT2D eigenvalue weighted by Gasteiger charge is -2.32. The number of nitrogens with one attached hydrogen (secondary N) is 1. The van der Waals surface area contributed by atoms with Crippen molar-refractivity contribution >= 4 is 27.5 Å². The highest BCUT2D eigenvalue weighted by Crippen LogP contribution is 2.20. The molecule has 33 heavy (non-hydrogen) atoms. The zero-order valence-electron chi connectivity index (χ0n) is 20.3. The molecule has 2 aromatic carbocycles. The van der Waals surface area contributed by atoms with E-state index in [9.17, 15) is 18.0 Å². The number of sulfonamides is 1. The monoisotopic (exact) mass is 473 g/mol. The fourth-order valence-corrected chi connectivity index (χ4v) is 4.24. The molecule has 2 aromatic rings. The summed E-state index contributed by atoms with van der Waals surface area (Å²) in [6.07, 6.45) is 1.08. The first kappa shape index (κ1) is 26.4. The van der Waals surface area contributed by atoms with Gasteiger partial charge in [-0.2, -0.15) is 0 Å². The highest BCUT2D eigenvalue weighted by molar-refractivity contribution is 7.92. The normalized spacial score (nSPS) is 12.3. The van der Waals surface area contributed by atoms with Gasteiger partial charge in [-0.05, 0) is 55.5 Å². The number of nitrogens with zero attached hydrogens (tertiary/aromatic N) is 2. The van der Waals surface area contributed by atoms with Crippen LogP contribution in [0.3, 0.4) is 0 Å². The fourth-order valence-electron chi connectivity index (χ4n) is 3.40. The Morgan fingerprint density at radius 1 is 1.00 bits per heavy atom. The summed E-state index contributed by atoms with van der Waals surface area (Å²) in [6.45, 7) is 9.76. The van der Waals surface area contributed by atoms with Crippen molar-refractivity contribution in [3.8, 4) is 0 Å². The molecular formula is C25H35N3O4S. The van der Waals surface area contributed by atoms with Gasteiger partial charge in [-0.15, -0.1) is 0 Å². The Bertz CT molecular complexity index is 1080. The molecule has 0 aromatic heterocycles. The van der Waals surface area contributed by atoms with Crippen LogP contribution in [0.15, 0.2) is 48.5 Å². The topological polar surface area (TPSA) is 86.8 Å². The molecule has 180 valence electrons. The number of rotatable bonds is 10. The van der Waals surface area contributed by atoms with Crippen molar-refractivity contribution in [2.45, 2.75) is 47.2 Å². The van der Waals surface area contributed by atoms with Crippen molar-refractivity contribution in [2.24, 2.45) is 5.92 Å². The van der Waals surface area contributed by atoms with E-state index in [0.717, 1.165) is 27.3 Å². The molecule has 2 rings (SSSR count). The quantitative estimate of drug-likeness (QED) is 0.574. The molecule has 7 nitrogen and oxygen atoms in total. The summed E-state index contributed by atoms with van der Waals surface area (Å²) >= 11 is 0. The highest BCUT2D eigenvalue weighted by atomic mass is 32.2. The van der Waals surface area contributed by atoms with Crippen LogP contribution in [0.25, 0.3) is 0 Å². The van der Waals surface area contributed by atoms with Gasteiger partial charge in [0.25, 0.3) is 0 Å². The van der Waals surface area contributed by atoms with E-state index in [1.165, 1.54) is 4.90 Å². The summed E-state index contributed by atoms with van der Waals surface area (Å²) in [5.41, 5.74) is 3.19. The van der Waals surface area contributed by atoms with Crippen LogP contribution in [0.5, 0.6) is 0 Å². The van der Waals surface area contributed by atoms with E-state index >= 15 is 0 Å². The lowest BCUT2D eigenvalue weighted by Crippen LogP contribution is -2.51. The third-order valence-electron chi connectivity index (χ3n) is 5.42. The smallest absolute Gasteiger partial charge is 0.244 e. The predicted octanol–water partition coefficient (Wildman–Crippen LogP) is 3.26. The zero-order valence-corrected chi connectivity index (χ0v) is 21.1. The third kappa shape index (κ3) is 7.60. The van der Waals surface area contributed by atoms with Crippen LogP contribution in [-0.2, 0) is 26.2 Å². The lowest BCUT2D eigenvalue weighted by molar-refractivity contribution is -0.139. The van der Waals surface area contributed by atoms with Crippen LogP contribution in [0.1, 0.15) is 37.5 Å². The summed E-state index contributed by atoms with van der Waals surface area (Å²) in [5.74, 6) is -0.451. The first-order valence-electron chi connectivity index (χ1n) is 11.1. The number of hydrogen-bond acceptors (Lipinski definition) is 4. The van der Waals surface area contributed by atoms with Gasteiger partial charge in [0.05, 0.1) is 11.9 Å². The maximum atomic E-state index is 13.5. The van der Waals surface area contributed by atoms with E-state index in [0.29, 0.717) is 12.2 Å². The van der Waals surface area contributed by atoms with Gasteiger partial charge in [-0.3, -0.25) is 13.9 Å². The first-order chi connectivity index (χ1) is 15.4. The average Bonchev–Trinajstić information content (AvgIpc) is 2.73. The summed E-state index contributed by atoms with van der Waals surface area (Å²) in [6, 6.07) is 13.9. The minimum Gasteiger partial charge on any atom is -0.354 e. The number of carbonyl (C=O) groups excluding carboxylic acids is 2. The van der Waals surface area contributed by atoms with Gasteiger partial charge in [0.2, 0.25) is 21.8 Å². The molecule has 0 heterocycles. The molecular weight excluding hydrogens is 438 g/mol. The molecule has 0 spiro atoms. The molecule has 0 saturated heterocycles. The van der Waals surface area contributed by atoms with Crippen molar-refractivity contribution in [3.05, 3.63) is 65.2 Å². The van der Waals surface area contributed by atoms with Crippen molar-refractivity contribution in [1.29, 1.82) is 0 Å². The maximum Gasteiger partial charge on any atom is 0.244 e. The summed E-state index contributed by atoms with van der Waals surface area (Å²) in [4.78, 5) is 27.8. The molecule has 0 saturated carbocycles. The van der Waals surface area contributed by atoms with Crippen LogP contribution in [-0.4, -0.2) is 50.5 Å². The average molecular weight is 474 g/mol. The van der Waals surface area contributed by atoms with Crippen molar-refractivity contribution < 1.29 is 18.0 Å². The number of amides is 2. The Morgan fingerprint density at radius 2 is 1.67 bits per heavy atom. The SMILES string of the molecule is Cc1cccc(N(CC(=O)N(Cc2ccccc2C)[C@@H](C)C(=O)NCC(C)C)S(C)(=O)=O)c1. The fraction of sp³-hybridized carbons (Fsp3) is 0.440. The first-order valence-corrected chi connectivity index (χ1v) is 12.9. The molecule has 8 heteroatoms. The number of benzene rings is 2. The zero-order chi connectivity index (χ0) is 24.8. The molecule has 1 atom stereocenters. The van der Waals surface area contributed by atoms with Gasteiger partial charge in [-0.25, -0.2) is 8.42 Å². The Balaban J connectivity index is 2.38. The van der Waals surface area contributed by atoms with Gasteiger partial charge >= 0.3 is 0 Å². The Kier molecular flexibility index (Phi) is 9.05. The molecule has 0 radical (unpaired) electrons. The molecule has 1 N–H and O–H groups in total. The maximum absolute atomic E-state index is 13.5. The second kappa shape index (κ2) is 11.3. The van der Waals surface area contributed by atoms with Crippen molar-refractivity contribution in [3.63, 3.8) is 0 Å². The standard InChI is InChI=1S/C25H35N3O4S/c1-18(2)15-26-25(30)21(5)27(16-22-12-8-7-11-20(22)4)24(29)17-28(33(6,31)32)23-13-9-10-19(3)14-23/h7-14,18,21H,15-17H2,1-6H3,(H,26,30)/t21-/m0/s1. The molecule has 0 aliphatic carbocycles. The van der Waals surface area contributed by atoms with Crippen LogP contribution in [0.4, 0.5) is 5.69 Å². The lowest BCUT2D eigenvalue weighted by atomic mass is 10.1. The number of anilines is 1. The van der Waals surface area contributed by atoms with Gasteiger partial charge in [0.15, 0.2) is 0 Å². The molecule has 0 fully saturated rings. The van der Waals surface area contributed by atoms with Crippen LogP contribution < -0.4 is 9.62 Å². The summed E-state index contributed by atoms with van der Waals surface area (Å²) in [5, 5.41) is 2.88. The van der Waals surface area contributed by atoms with Gasteiger partial charge in [-0.1, -0.05) is 50.2 Å². The van der Waals surface area contributed by atoms with Gasteiger partial charge in [0.1, 0.15) is 12.6 Å². The molecule has 0 bridgehead atoms. The predicted molar refractivity (Wildman–Crippen MR) is 132 cm³/mol. The second-order valence-electron chi connectivity index (χ2n) is 8.87. The van der Waals surface area contributed by atoms with E-state index in [2.05, 4.69) is 5.32 Å². The largest absolute Gasteiger partial charge is 0.354 e. The van der Waals surface area contributed by atoms with Crippen molar-refractivity contribution in [1.82, 2.24) is 10.2 Å². The minimum absolute atomic E-state index is 0.202. The van der Waals surface area contributed by atoms with Crippen LogP contribution in [0.2, 0.25) is 0 Å². The molecule has 0 aliphatic heterocycles. The second-order valence-corrected chi connectivity index (χ2v) is 10.8. The molecule has 0 unspecified atom stereocenters. The van der Waals surface area contributed by atoms with E-state index in [1.54, 1.807) is 25.1 Å². The van der Waals surface area contributed by atoms with Crippen molar-refractivity contribution in [2.75, 3.05) is 23.7 Å². The molecule has 2 amide bonds. The van der Waals surface area contributed by atoms with Gasteiger partial charge < -0.3 is 10.2 Å². The Labute approximate surface area is 197 Å².